The second-order valence-electron chi connectivity index (χ2n) is 10.1. The lowest BCUT2D eigenvalue weighted by molar-refractivity contribution is 0.194. The smallest absolute Gasteiger partial charge is 0.323 e. The normalized spacial score (nSPS) is 14.1. The van der Waals surface area contributed by atoms with Gasteiger partial charge in [-0.25, -0.2) is 9.48 Å². The van der Waals surface area contributed by atoms with Crippen LogP contribution in [-0.4, -0.2) is 39.5 Å². The zero-order valence-corrected chi connectivity index (χ0v) is 23.7. The lowest BCUT2D eigenvalue weighted by Crippen LogP contribution is -2.38. The Hall–Kier alpha value is -4.98. The third kappa shape index (κ3) is 4.71. The highest BCUT2D eigenvalue weighted by Gasteiger charge is 2.36. The van der Waals surface area contributed by atoms with Gasteiger partial charge in [-0.1, -0.05) is 55.0 Å². The van der Waals surface area contributed by atoms with Crippen molar-refractivity contribution >= 4 is 11.7 Å². The van der Waals surface area contributed by atoms with Crippen LogP contribution in [0.2, 0.25) is 0 Å². The maximum absolute atomic E-state index is 14.3. The number of amides is 2. The van der Waals surface area contributed by atoms with E-state index in [0.29, 0.717) is 23.7 Å². The lowest BCUT2D eigenvalue weighted by atomic mass is 10.0. The number of methoxy groups -OCH3 is 2. The highest BCUT2D eigenvalue weighted by molar-refractivity contribution is 5.92. The highest BCUT2D eigenvalue weighted by atomic mass is 16.5. The molecule has 5 aromatic rings. The topological polar surface area (TPSA) is 73.6 Å². The number of para-hydroxylation sites is 1. The second-order valence-corrected chi connectivity index (χ2v) is 10.1. The summed E-state index contributed by atoms with van der Waals surface area (Å²) in [6.07, 6.45) is 2.79. The summed E-state index contributed by atoms with van der Waals surface area (Å²) in [6, 6.07) is 27.4. The number of anilines is 1. The third-order valence-corrected chi connectivity index (χ3v) is 7.61. The number of fused-ring (bicyclic) bond motifs is 3. The minimum Gasteiger partial charge on any atom is -0.497 e. The molecule has 0 unspecified atom stereocenters. The minimum atomic E-state index is -0.358. The van der Waals surface area contributed by atoms with E-state index in [2.05, 4.69) is 72.4 Å². The summed E-state index contributed by atoms with van der Waals surface area (Å²) < 4.78 is 15.2. The maximum Gasteiger partial charge on any atom is 0.323 e. The molecule has 0 fully saturated rings. The van der Waals surface area contributed by atoms with Gasteiger partial charge < -0.3 is 24.3 Å². The zero-order chi connectivity index (χ0) is 28.5. The van der Waals surface area contributed by atoms with Crippen LogP contribution in [0, 0.1) is 6.92 Å². The first-order valence-corrected chi connectivity index (χ1v) is 13.7. The van der Waals surface area contributed by atoms with Gasteiger partial charge in [-0.05, 0) is 55.3 Å². The predicted molar refractivity (Wildman–Crippen MR) is 159 cm³/mol. The lowest BCUT2D eigenvalue weighted by Gasteiger charge is -2.31. The van der Waals surface area contributed by atoms with Crippen molar-refractivity contribution in [2.45, 2.75) is 32.9 Å². The molecule has 8 nitrogen and oxygen atoms in total. The number of carbonyl (C=O) groups excluding carboxylic acids is 1. The molecule has 2 aromatic heterocycles. The zero-order valence-electron chi connectivity index (χ0n) is 23.7. The van der Waals surface area contributed by atoms with Crippen molar-refractivity contribution in [2.24, 2.45) is 0 Å². The minimum absolute atomic E-state index is 0.253. The quantitative estimate of drug-likeness (QED) is 0.257. The van der Waals surface area contributed by atoms with Crippen molar-refractivity contribution < 1.29 is 14.3 Å². The summed E-state index contributed by atoms with van der Waals surface area (Å²) in [6.45, 7) is 4.53. The van der Waals surface area contributed by atoms with Gasteiger partial charge in [0, 0.05) is 17.8 Å². The van der Waals surface area contributed by atoms with Crippen LogP contribution in [0.1, 0.15) is 41.0 Å². The average molecular weight is 548 g/mol. The van der Waals surface area contributed by atoms with Gasteiger partial charge in [0.15, 0.2) is 0 Å². The number of nitrogens with zero attached hydrogens (tertiary/aromatic N) is 4. The van der Waals surface area contributed by atoms with E-state index in [9.17, 15) is 4.79 Å². The number of ether oxygens (including phenoxy) is 2. The number of aromatic nitrogens is 3. The molecule has 6 rings (SSSR count). The van der Waals surface area contributed by atoms with Gasteiger partial charge in [0.25, 0.3) is 0 Å². The van der Waals surface area contributed by atoms with Crippen LogP contribution < -0.4 is 14.8 Å². The number of rotatable bonds is 6. The van der Waals surface area contributed by atoms with Crippen LogP contribution in [0.4, 0.5) is 10.5 Å². The van der Waals surface area contributed by atoms with Crippen LogP contribution in [0.3, 0.4) is 0 Å². The van der Waals surface area contributed by atoms with Crippen LogP contribution >= 0.6 is 0 Å². The molecule has 0 saturated heterocycles. The first-order valence-electron chi connectivity index (χ1n) is 13.7. The molecule has 3 aromatic carbocycles. The molecule has 0 radical (unpaired) electrons. The van der Waals surface area contributed by atoms with Gasteiger partial charge in [0.1, 0.15) is 17.3 Å². The van der Waals surface area contributed by atoms with E-state index < -0.39 is 0 Å². The molecule has 3 heterocycles. The van der Waals surface area contributed by atoms with Crippen molar-refractivity contribution in [1.82, 2.24) is 19.2 Å². The standard InChI is InChI=1S/C33H33N5O3/c1-5-27-26-21-37(33(39)34-28-20-25(40-3)17-18-30(28)41-4)31(23-15-13-22(2)14-16-23)29-12-9-19-36(29)32(26)38(35-27)24-10-7-6-8-11-24/h6-20,31H,5,21H2,1-4H3,(H,34,39)/t31-/m0/s1. The molecular weight excluding hydrogens is 514 g/mol. The van der Waals surface area contributed by atoms with Crippen LogP contribution in [0.5, 0.6) is 11.5 Å². The van der Waals surface area contributed by atoms with Gasteiger partial charge in [-0.3, -0.25) is 0 Å². The number of urea groups is 1. The van der Waals surface area contributed by atoms with Crippen molar-refractivity contribution in [3.63, 3.8) is 0 Å². The molecule has 0 spiro atoms. The van der Waals surface area contributed by atoms with Crippen molar-refractivity contribution in [3.05, 3.63) is 119 Å². The van der Waals surface area contributed by atoms with Crippen molar-refractivity contribution in [3.8, 4) is 23.0 Å². The largest absolute Gasteiger partial charge is 0.497 e. The summed E-state index contributed by atoms with van der Waals surface area (Å²) in [7, 11) is 3.19. The van der Waals surface area contributed by atoms with Crippen LogP contribution in [0.25, 0.3) is 11.5 Å². The molecule has 1 atom stereocenters. The van der Waals surface area contributed by atoms with Gasteiger partial charge in [-0.2, -0.15) is 5.10 Å². The van der Waals surface area contributed by atoms with E-state index >= 15 is 0 Å². The van der Waals surface area contributed by atoms with Gasteiger partial charge in [-0.15, -0.1) is 0 Å². The van der Waals surface area contributed by atoms with Crippen LogP contribution in [0.15, 0.2) is 91.1 Å². The number of aryl methyl sites for hydroxylation is 2. The SMILES string of the molecule is CCc1nn(-c2ccccc2)c2c1CN(C(=O)Nc1cc(OC)ccc1OC)[C@@H](c1ccc(C)cc1)c1cccn1-2. The molecule has 1 aliphatic rings. The molecule has 1 aliphatic heterocycles. The Labute approximate surface area is 239 Å². The van der Waals surface area contributed by atoms with Crippen molar-refractivity contribution in [2.75, 3.05) is 19.5 Å². The first kappa shape index (κ1) is 26.3. The molecular formula is C33H33N5O3. The Kier molecular flexibility index (Phi) is 6.97. The molecule has 2 amide bonds. The second kappa shape index (κ2) is 10.9. The Balaban J connectivity index is 1.54. The molecule has 0 bridgehead atoms. The monoisotopic (exact) mass is 547 g/mol. The van der Waals surface area contributed by atoms with Gasteiger partial charge in [0.2, 0.25) is 0 Å². The van der Waals surface area contributed by atoms with Crippen molar-refractivity contribution in [1.29, 1.82) is 0 Å². The predicted octanol–water partition coefficient (Wildman–Crippen LogP) is 6.69. The third-order valence-electron chi connectivity index (χ3n) is 7.61. The average Bonchev–Trinajstić information content (AvgIpc) is 3.59. The Morgan fingerprint density at radius 3 is 2.46 bits per heavy atom. The number of hydrogen-bond acceptors (Lipinski definition) is 4. The molecule has 208 valence electrons. The number of benzene rings is 3. The highest BCUT2D eigenvalue weighted by Crippen LogP contribution is 2.39. The molecule has 0 saturated carbocycles. The van der Waals surface area contributed by atoms with E-state index in [4.69, 9.17) is 14.6 Å². The Morgan fingerprint density at radius 1 is 0.976 bits per heavy atom. The van der Waals surface area contributed by atoms with Gasteiger partial charge >= 0.3 is 6.03 Å². The number of carbonyl (C=O) groups is 1. The molecule has 8 heteroatoms. The molecule has 1 N–H and O–H groups in total. The fraction of sp³-hybridized carbons (Fsp3) is 0.212. The number of hydrogen-bond donors (Lipinski definition) is 1. The van der Waals surface area contributed by atoms with Gasteiger partial charge in [0.05, 0.1) is 49.6 Å². The summed E-state index contributed by atoms with van der Waals surface area (Å²) in [4.78, 5) is 16.2. The summed E-state index contributed by atoms with van der Waals surface area (Å²) in [5.41, 5.74) is 6.61. The van der Waals surface area contributed by atoms with Crippen LogP contribution in [-0.2, 0) is 13.0 Å². The van der Waals surface area contributed by atoms with E-state index in [1.54, 1.807) is 32.4 Å². The fourth-order valence-corrected chi connectivity index (χ4v) is 5.55. The molecule has 41 heavy (non-hydrogen) atoms. The summed E-state index contributed by atoms with van der Waals surface area (Å²) >= 11 is 0. The van der Waals surface area contributed by atoms with E-state index in [-0.39, 0.29) is 12.1 Å². The number of nitrogens with one attached hydrogen (secondary N) is 1. The molecule has 0 aliphatic carbocycles. The first-order chi connectivity index (χ1) is 20.0. The Bertz CT molecular complexity index is 1690. The summed E-state index contributed by atoms with van der Waals surface area (Å²) in [5.74, 6) is 2.12. The van der Waals surface area contributed by atoms with E-state index in [1.165, 1.54) is 0 Å². The van der Waals surface area contributed by atoms with E-state index in [1.807, 2.05) is 33.8 Å². The summed E-state index contributed by atoms with van der Waals surface area (Å²) in [5, 5.41) is 8.16. The Morgan fingerprint density at radius 2 is 1.76 bits per heavy atom. The fourth-order valence-electron chi connectivity index (χ4n) is 5.55. The van der Waals surface area contributed by atoms with E-state index in [0.717, 1.165) is 46.0 Å². The maximum atomic E-state index is 14.3.